The lowest BCUT2D eigenvalue weighted by Gasteiger charge is -2.12. The van der Waals surface area contributed by atoms with Gasteiger partial charge in [0.25, 0.3) is 0 Å². The second-order valence-corrected chi connectivity index (χ2v) is 8.08. The van der Waals surface area contributed by atoms with Crippen LogP contribution in [0.4, 0.5) is 0 Å². The number of rotatable bonds is 8. The van der Waals surface area contributed by atoms with Crippen molar-refractivity contribution in [2.45, 2.75) is 51.7 Å². The second-order valence-electron chi connectivity index (χ2n) is 8.08. The van der Waals surface area contributed by atoms with Crippen molar-refractivity contribution in [1.29, 1.82) is 0 Å². The van der Waals surface area contributed by atoms with Crippen molar-refractivity contribution in [3.63, 3.8) is 0 Å². The molecule has 4 aromatic rings. The van der Waals surface area contributed by atoms with Crippen LogP contribution < -0.4 is 10.6 Å². The Morgan fingerprint density at radius 2 is 1.91 bits per heavy atom. The third kappa shape index (κ3) is 5.81. The number of benzene rings is 1. The molecule has 1 aliphatic carbocycles. The van der Waals surface area contributed by atoms with Crippen LogP contribution in [-0.2, 0) is 32.5 Å². The molecule has 0 amide bonds. The molecule has 1 aliphatic rings. The largest absolute Gasteiger partial charge is 0.348 e. The second kappa shape index (κ2) is 11.5. The number of H-pyrrole nitrogens is 1. The van der Waals surface area contributed by atoms with Crippen molar-refractivity contribution in [1.82, 2.24) is 35.1 Å². The van der Waals surface area contributed by atoms with Gasteiger partial charge in [-0.3, -0.25) is 4.98 Å². The van der Waals surface area contributed by atoms with E-state index in [0.717, 1.165) is 49.8 Å². The Kier molecular flexibility index (Phi) is 8.00. The van der Waals surface area contributed by atoms with Gasteiger partial charge in [0, 0.05) is 30.8 Å². The molecular weight excluding hydrogens is 398 g/mol. The minimum Gasteiger partial charge on any atom is -0.348 e. The predicted molar refractivity (Wildman–Crippen MR) is 128 cm³/mol. The number of imidazole rings is 2. The average molecular weight is 432 g/mol. The molecule has 0 unspecified atom stereocenters. The Hall–Kier alpha value is -3.03. The molecular formula is C25H33N7. The molecule has 32 heavy (non-hydrogen) atoms. The van der Waals surface area contributed by atoms with Gasteiger partial charge in [0.15, 0.2) is 0 Å². The van der Waals surface area contributed by atoms with Gasteiger partial charge in [-0.2, -0.15) is 0 Å². The SMILES string of the molecule is CNCc1nc2ccccc2n1CCCNCc1ncc[nH]1.c1cnc2c(c1)CCCC2. The first-order chi connectivity index (χ1) is 15.8. The van der Waals surface area contributed by atoms with E-state index in [9.17, 15) is 0 Å². The third-order valence-corrected chi connectivity index (χ3v) is 5.75. The van der Waals surface area contributed by atoms with Crippen LogP contribution in [0.2, 0.25) is 0 Å². The number of fused-ring (bicyclic) bond motifs is 2. The number of aryl methyl sites for hydroxylation is 3. The lowest BCUT2D eigenvalue weighted by molar-refractivity contribution is 0.561. The standard InChI is InChI=1S/C16H22N6.C9H11N/c1-17-12-16-21-13-5-2-3-6-14(13)22(16)10-4-7-18-11-15-19-8-9-20-15;1-2-6-9-8(4-1)5-3-7-10-9/h2-3,5-6,8-9,17-18H,4,7,10-12H2,1H3,(H,19,20);3,5,7H,1-2,4,6H2. The first-order valence-electron chi connectivity index (χ1n) is 11.6. The van der Waals surface area contributed by atoms with Crippen molar-refractivity contribution in [2.75, 3.05) is 13.6 Å². The predicted octanol–water partition coefficient (Wildman–Crippen LogP) is 3.62. The normalized spacial score (nSPS) is 12.9. The van der Waals surface area contributed by atoms with Gasteiger partial charge in [-0.1, -0.05) is 18.2 Å². The lowest BCUT2D eigenvalue weighted by atomic mass is 9.96. The highest BCUT2D eigenvalue weighted by Gasteiger charge is 2.09. The smallest absolute Gasteiger partial charge is 0.123 e. The van der Waals surface area contributed by atoms with E-state index in [0.29, 0.717) is 0 Å². The maximum Gasteiger partial charge on any atom is 0.123 e. The number of nitrogens with zero attached hydrogens (tertiary/aromatic N) is 4. The van der Waals surface area contributed by atoms with Gasteiger partial charge in [-0.05, 0) is 69.5 Å². The first kappa shape index (κ1) is 22.2. The fourth-order valence-corrected chi connectivity index (χ4v) is 4.16. The highest BCUT2D eigenvalue weighted by Crippen LogP contribution is 2.18. The minimum atomic E-state index is 0.779. The zero-order chi connectivity index (χ0) is 22.0. The van der Waals surface area contributed by atoms with E-state index >= 15 is 0 Å². The summed E-state index contributed by atoms with van der Waals surface area (Å²) < 4.78 is 2.31. The van der Waals surface area contributed by atoms with Gasteiger partial charge >= 0.3 is 0 Å². The van der Waals surface area contributed by atoms with E-state index in [1.165, 1.54) is 42.5 Å². The van der Waals surface area contributed by atoms with Crippen LogP contribution >= 0.6 is 0 Å². The summed E-state index contributed by atoms with van der Waals surface area (Å²) in [5, 5.41) is 6.60. The summed E-state index contributed by atoms with van der Waals surface area (Å²) in [5.74, 6) is 2.07. The Morgan fingerprint density at radius 1 is 1.00 bits per heavy atom. The lowest BCUT2D eigenvalue weighted by Crippen LogP contribution is -2.18. The minimum absolute atomic E-state index is 0.779. The van der Waals surface area contributed by atoms with Gasteiger partial charge in [0.2, 0.25) is 0 Å². The molecule has 3 heterocycles. The van der Waals surface area contributed by atoms with Crippen molar-refractivity contribution >= 4 is 11.0 Å². The van der Waals surface area contributed by atoms with Crippen molar-refractivity contribution in [2.24, 2.45) is 0 Å². The Morgan fingerprint density at radius 3 is 2.75 bits per heavy atom. The van der Waals surface area contributed by atoms with Crippen LogP contribution in [0.25, 0.3) is 11.0 Å². The Bertz CT molecular complexity index is 1060. The number of hydrogen-bond donors (Lipinski definition) is 3. The number of pyridine rings is 1. The van der Waals surface area contributed by atoms with E-state index in [4.69, 9.17) is 4.98 Å². The summed E-state index contributed by atoms with van der Waals surface area (Å²) in [6, 6.07) is 12.5. The average Bonchev–Trinajstić information content (AvgIpc) is 3.48. The summed E-state index contributed by atoms with van der Waals surface area (Å²) in [7, 11) is 1.95. The molecule has 0 fully saturated rings. The van der Waals surface area contributed by atoms with Crippen molar-refractivity contribution in [3.05, 3.63) is 77.9 Å². The summed E-state index contributed by atoms with van der Waals surface area (Å²) >= 11 is 0. The number of para-hydroxylation sites is 2. The zero-order valence-electron chi connectivity index (χ0n) is 18.8. The molecule has 3 N–H and O–H groups in total. The van der Waals surface area contributed by atoms with Gasteiger partial charge in [0.05, 0.1) is 24.1 Å². The molecule has 0 bridgehead atoms. The van der Waals surface area contributed by atoms with E-state index in [2.05, 4.69) is 54.4 Å². The van der Waals surface area contributed by atoms with Crippen molar-refractivity contribution < 1.29 is 0 Å². The van der Waals surface area contributed by atoms with Crippen LogP contribution in [0.3, 0.4) is 0 Å². The Balaban J connectivity index is 0.000000203. The fourth-order valence-electron chi connectivity index (χ4n) is 4.16. The van der Waals surface area contributed by atoms with Gasteiger partial charge in [-0.15, -0.1) is 0 Å². The number of nitrogens with one attached hydrogen (secondary N) is 3. The van der Waals surface area contributed by atoms with Crippen LogP contribution in [0, 0.1) is 0 Å². The monoisotopic (exact) mass is 431 g/mol. The Labute approximate surface area is 189 Å². The summed E-state index contributed by atoms with van der Waals surface area (Å²) in [4.78, 5) is 16.3. The summed E-state index contributed by atoms with van der Waals surface area (Å²) in [6.07, 6.45) is 11.7. The van der Waals surface area contributed by atoms with Crippen molar-refractivity contribution in [3.8, 4) is 0 Å². The molecule has 0 saturated carbocycles. The van der Waals surface area contributed by atoms with Crippen LogP contribution in [0.1, 0.15) is 42.2 Å². The molecule has 0 aliphatic heterocycles. The number of aromatic nitrogens is 5. The van der Waals surface area contributed by atoms with Crippen LogP contribution in [-0.4, -0.2) is 38.1 Å². The first-order valence-corrected chi connectivity index (χ1v) is 11.6. The van der Waals surface area contributed by atoms with Crippen LogP contribution in [0.15, 0.2) is 55.0 Å². The molecule has 5 rings (SSSR count). The molecule has 3 aromatic heterocycles. The number of hydrogen-bond acceptors (Lipinski definition) is 5. The quantitative estimate of drug-likeness (QED) is 0.371. The number of aromatic amines is 1. The van der Waals surface area contributed by atoms with E-state index in [-0.39, 0.29) is 0 Å². The molecule has 0 radical (unpaired) electrons. The molecule has 1 aromatic carbocycles. The van der Waals surface area contributed by atoms with E-state index < -0.39 is 0 Å². The maximum absolute atomic E-state index is 4.71. The maximum atomic E-state index is 4.71. The molecule has 0 spiro atoms. The molecule has 168 valence electrons. The summed E-state index contributed by atoms with van der Waals surface area (Å²) in [6.45, 7) is 3.48. The molecule has 0 atom stereocenters. The van der Waals surface area contributed by atoms with E-state index in [1.807, 2.05) is 31.6 Å². The van der Waals surface area contributed by atoms with E-state index in [1.54, 1.807) is 6.20 Å². The molecule has 7 nitrogen and oxygen atoms in total. The molecule has 7 heteroatoms. The van der Waals surface area contributed by atoms with Crippen LogP contribution in [0.5, 0.6) is 0 Å². The highest BCUT2D eigenvalue weighted by atomic mass is 15.1. The van der Waals surface area contributed by atoms with Gasteiger partial charge in [-0.25, -0.2) is 9.97 Å². The summed E-state index contributed by atoms with van der Waals surface area (Å²) in [5.41, 5.74) is 5.07. The fraction of sp³-hybridized carbons (Fsp3) is 0.400. The van der Waals surface area contributed by atoms with Gasteiger partial charge in [0.1, 0.15) is 11.6 Å². The third-order valence-electron chi connectivity index (χ3n) is 5.75. The van der Waals surface area contributed by atoms with Gasteiger partial charge < -0.3 is 20.2 Å². The topological polar surface area (TPSA) is 83.5 Å². The highest BCUT2D eigenvalue weighted by molar-refractivity contribution is 5.75. The molecule has 0 saturated heterocycles. The zero-order valence-corrected chi connectivity index (χ0v) is 18.8.